The minimum atomic E-state index is -0.193. The Balaban J connectivity index is 2.50. The van der Waals surface area contributed by atoms with Crippen LogP contribution in [0.1, 0.15) is 32.3 Å². The van der Waals surface area contributed by atoms with Crippen molar-refractivity contribution in [2.75, 3.05) is 7.11 Å². The number of benzene rings is 1. The highest BCUT2D eigenvalue weighted by atomic mass is 79.9. The fourth-order valence-corrected chi connectivity index (χ4v) is 3.23. The van der Waals surface area contributed by atoms with Crippen LogP contribution in [0.4, 0.5) is 0 Å². The average Bonchev–Trinajstić information content (AvgIpc) is 2.98. The first-order valence-electron chi connectivity index (χ1n) is 5.54. The van der Waals surface area contributed by atoms with Crippen molar-refractivity contribution >= 4 is 15.9 Å². The van der Waals surface area contributed by atoms with Crippen LogP contribution in [0.2, 0.25) is 0 Å². The molecule has 1 aromatic carbocycles. The van der Waals surface area contributed by atoms with Crippen molar-refractivity contribution < 1.29 is 4.74 Å². The van der Waals surface area contributed by atoms with E-state index in [4.69, 9.17) is 10.5 Å². The number of rotatable bonds is 3. The molecule has 1 aliphatic carbocycles. The van der Waals surface area contributed by atoms with Gasteiger partial charge in [-0.2, -0.15) is 0 Å². The fraction of sp³-hybridized carbons (Fsp3) is 0.538. The molecule has 0 saturated heterocycles. The fourth-order valence-electron chi connectivity index (χ4n) is 2.42. The first kappa shape index (κ1) is 11.9. The Bertz CT molecular complexity index is 405. The van der Waals surface area contributed by atoms with Gasteiger partial charge in [0.1, 0.15) is 5.75 Å². The van der Waals surface area contributed by atoms with Crippen LogP contribution in [0.5, 0.6) is 5.75 Å². The lowest BCUT2D eigenvalue weighted by atomic mass is 9.79. The second kappa shape index (κ2) is 3.74. The summed E-state index contributed by atoms with van der Waals surface area (Å²) in [6.07, 6.45) is 2.31. The molecular formula is C13H18BrNO. The molecule has 0 atom stereocenters. The SMILES string of the molecule is COc1cccc(C2(C(C)(C)N)CC2)c1Br. The molecule has 1 aliphatic rings. The summed E-state index contributed by atoms with van der Waals surface area (Å²) < 4.78 is 6.38. The quantitative estimate of drug-likeness (QED) is 0.925. The van der Waals surface area contributed by atoms with Crippen molar-refractivity contribution in [1.82, 2.24) is 0 Å². The molecule has 2 rings (SSSR count). The largest absolute Gasteiger partial charge is 0.496 e. The summed E-state index contributed by atoms with van der Waals surface area (Å²) in [7, 11) is 1.69. The molecule has 0 radical (unpaired) electrons. The zero-order valence-corrected chi connectivity index (χ0v) is 11.6. The molecule has 16 heavy (non-hydrogen) atoms. The summed E-state index contributed by atoms with van der Waals surface area (Å²) in [5, 5.41) is 0. The number of ether oxygens (including phenoxy) is 1. The van der Waals surface area contributed by atoms with Gasteiger partial charge in [-0.05, 0) is 54.2 Å². The lowest BCUT2D eigenvalue weighted by Crippen LogP contribution is -2.45. The van der Waals surface area contributed by atoms with E-state index in [1.807, 2.05) is 12.1 Å². The van der Waals surface area contributed by atoms with E-state index in [2.05, 4.69) is 35.8 Å². The van der Waals surface area contributed by atoms with Crippen molar-refractivity contribution in [2.45, 2.75) is 37.6 Å². The van der Waals surface area contributed by atoms with Crippen LogP contribution in [0.25, 0.3) is 0 Å². The summed E-state index contributed by atoms with van der Waals surface area (Å²) in [5.41, 5.74) is 7.50. The van der Waals surface area contributed by atoms with Gasteiger partial charge in [0, 0.05) is 11.0 Å². The molecule has 0 amide bonds. The van der Waals surface area contributed by atoms with Gasteiger partial charge in [0.15, 0.2) is 0 Å². The van der Waals surface area contributed by atoms with Crippen LogP contribution in [0, 0.1) is 0 Å². The van der Waals surface area contributed by atoms with Gasteiger partial charge in [-0.3, -0.25) is 0 Å². The third kappa shape index (κ3) is 1.66. The van der Waals surface area contributed by atoms with Gasteiger partial charge >= 0.3 is 0 Å². The van der Waals surface area contributed by atoms with Gasteiger partial charge in [0.2, 0.25) is 0 Å². The van der Waals surface area contributed by atoms with E-state index in [-0.39, 0.29) is 11.0 Å². The summed E-state index contributed by atoms with van der Waals surface area (Å²) in [5.74, 6) is 0.882. The predicted molar refractivity (Wildman–Crippen MR) is 69.9 cm³/mol. The summed E-state index contributed by atoms with van der Waals surface area (Å²) in [4.78, 5) is 0. The molecule has 2 N–H and O–H groups in total. The van der Waals surface area contributed by atoms with Gasteiger partial charge in [-0.25, -0.2) is 0 Å². The van der Waals surface area contributed by atoms with Crippen LogP contribution in [-0.2, 0) is 5.41 Å². The Morgan fingerprint density at radius 1 is 1.38 bits per heavy atom. The van der Waals surface area contributed by atoms with Crippen LogP contribution in [-0.4, -0.2) is 12.6 Å². The maximum atomic E-state index is 6.31. The van der Waals surface area contributed by atoms with Crippen LogP contribution in [0.3, 0.4) is 0 Å². The molecule has 2 nitrogen and oxygen atoms in total. The average molecular weight is 284 g/mol. The van der Waals surface area contributed by atoms with Gasteiger partial charge < -0.3 is 10.5 Å². The van der Waals surface area contributed by atoms with Crippen LogP contribution in [0.15, 0.2) is 22.7 Å². The highest BCUT2D eigenvalue weighted by Gasteiger charge is 2.54. The Morgan fingerprint density at radius 2 is 2.00 bits per heavy atom. The van der Waals surface area contributed by atoms with Crippen LogP contribution >= 0.6 is 15.9 Å². The molecule has 0 aliphatic heterocycles. The number of halogens is 1. The second-order valence-corrected chi connectivity index (χ2v) is 5.92. The molecule has 0 bridgehead atoms. The third-order valence-corrected chi connectivity index (χ3v) is 4.50. The predicted octanol–water partition coefficient (Wildman–Crippen LogP) is 3.23. The standard InChI is InChI=1S/C13H18BrNO/c1-12(2,15)13(7-8-13)9-5-4-6-10(16-3)11(9)14/h4-6H,7-8,15H2,1-3H3. The molecule has 0 heterocycles. The maximum Gasteiger partial charge on any atom is 0.133 e. The van der Waals surface area contributed by atoms with E-state index in [1.54, 1.807) is 7.11 Å². The van der Waals surface area contributed by atoms with E-state index in [9.17, 15) is 0 Å². The minimum Gasteiger partial charge on any atom is -0.496 e. The smallest absolute Gasteiger partial charge is 0.133 e. The first-order valence-corrected chi connectivity index (χ1v) is 6.33. The molecule has 1 aromatic rings. The van der Waals surface area contributed by atoms with Crippen molar-refractivity contribution in [2.24, 2.45) is 5.73 Å². The minimum absolute atomic E-state index is 0.111. The van der Waals surface area contributed by atoms with Gasteiger partial charge in [0.05, 0.1) is 11.6 Å². The number of nitrogens with two attached hydrogens (primary N) is 1. The highest BCUT2D eigenvalue weighted by molar-refractivity contribution is 9.10. The Labute approximate surface area is 105 Å². The Morgan fingerprint density at radius 3 is 2.44 bits per heavy atom. The van der Waals surface area contributed by atoms with Gasteiger partial charge in [-0.15, -0.1) is 0 Å². The molecule has 0 aromatic heterocycles. The van der Waals surface area contributed by atoms with E-state index < -0.39 is 0 Å². The molecule has 0 spiro atoms. The third-order valence-electron chi connectivity index (χ3n) is 3.68. The van der Waals surface area contributed by atoms with E-state index >= 15 is 0 Å². The summed E-state index contributed by atoms with van der Waals surface area (Å²) in [6, 6.07) is 6.14. The molecule has 88 valence electrons. The van der Waals surface area contributed by atoms with Crippen LogP contribution < -0.4 is 10.5 Å². The van der Waals surface area contributed by atoms with Crippen molar-refractivity contribution in [3.8, 4) is 5.75 Å². The van der Waals surface area contributed by atoms with E-state index in [1.165, 1.54) is 5.56 Å². The molecule has 1 fully saturated rings. The van der Waals surface area contributed by atoms with Gasteiger partial charge in [0.25, 0.3) is 0 Å². The maximum absolute atomic E-state index is 6.31. The Hall–Kier alpha value is -0.540. The first-order chi connectivity index (χ1) is 7.42. The van der Waals surface area contributed by atoms with Gasteiger partial charge in [-0.1, -0.05) is 12.1 Å². The second-order valence-electron chi connectivity index (χ2n) is 5.13. The van der Waals surface area contributed by atoms with E-state index in [0.29, 0.717) is 0 Å². The number of hydrogen-bond donors (Lipinski definition) is 1. The monoisotopic (exact) mass is 283 g/mol. The summed E-state index contributed by atoms with van der Waals surface area (Å²) in [6.45, 7) is 4.21. The lowest BCUT2D eigenvalue weighted by Gasteiger charge is -2.32. The van der Waals surface area contributed by atoms with Crippen molar-refractivity contribution in [3.63, 3.8) is 0 Å². The molecule has 0 unspecified atom stereocenters. The lowest BCUT2D eigenvalue weighted by molar-refractivity contribution is 0.382. The highest BCUT2D eigenvalue weighted by Crippen LogP contribution is 2.57. The normalized spacial score (nSPS) is 18.3. The Kier molecular flexibility index (Phi) is 2.79. The molecular weight excluding hydrogens is 266 g/mol. The van der Waals surface area contributed by atoms with Crippen molar-refractivity contribution in [3.05, 3.63) is 28.2 Å². The van der Waals surface area contributed by atoms with Crippen molar-refractivity contribution in [1.29, 1.82) is 0 Å². The topological polar surface area (TPSA) is 35.2 Å². The number of hydrogen-bond acceptors (Lipinski definition) is 2. The van der Waals surface area contributed by atoms with E-state index in [0.717, 1.165) is 23.1 Å². The molecule has 3 heteroatoms. The zero-order chi connectivity index (χ0) is 12.0. The molecule has 1 saturated carbocycles. The summed E-state index contributed by atoms with van der Waals surface area (Å²) >= 11 is 3.63. The number of methoxy groups -OCH3 is 1. The zero-order valence-electron chi connectivity index (χ0n) is 10.0.